The Labute approximate surface area is 119 Å². The van der Waals surface area contributed by atoms with E-state index in [9.17, 15) is 5.11 Å². The van der Waals surface area contributed by atoms with Gasteiger partial charge in [-0.05, 0) is 48.1 Å². The molecule has 2 N–H and O–H groups in total. The molecule has 20 heavy (non-hydrogen) atoms. The predicted octanol–water partition coefficient (Wildman–Crippen LogP) is 3.13. The third-order valence-corrected chi connectivity index (χ3v) is 4.13. The molecule has 104 valence electrons. The van der Waals surface area contributed by atoms with Gasteiger partial charge in [0.2, 0.25) is 0 Å². The zero-order valence-corrected chi connectivity index (χ0v) is 11.8. The molecule has 3 nitrogen and oxygen atoms in total. The third kappa shape index (κ3) is 2.41. The van der Waals surface area contributed by atoms with Crippen LogP contribution in [-0.4, -0.2) is 10.1 Å². The molecule has 0 fully saturated rings. The van der Waals surface area contributed by atoms with Crippen molar-refractivity contribution >= 4 is 0 Å². The van der Waals surface area contributed by atoms with Crippen molar-refractivity contribution in [1.82, 2.24) is 10.3 Å². The highest BCUT2D eigenvalue weighted by Gasteiger charge is 2.24. The van der Waals surface area contributed by atoms with E-state index in [1.54, 1.807) is 6.07 Å². The van der Waals surface area contributed by atoms with Crippen LogP contribution < -0.4 is 5.32 Å². The van der Waals surface area contributed by atoms with E-state index in [1.807, 2.05) is 18.3 Å². The SMILES string of the molecule is CCc1cccnc1CNC1CCc2c(O)cccc21. The fourth-order valence-electron chi connectivity index (χ4n) is 3.02. The van der Waals surface area contributed by atoms with Gasteiger partial charge in [-0.3, -0.25) is 4.98 Å². The molecule has 0 saturated carbocycles. The summed E-state index contributed by atoms with van der Waals surface area (Å²) in [6.07, 6.45) is 4.85. The average Bonchev–Trinajstić information content (AvgIpc) is 2.90. The normalized spacial score (nSPS) is 17.1. The van der Waals surface area contributed by atoms with E-state index in [2.05, 4.69) is 29.4 Å². The van der Waals surface area contributed by atoms with E-state index in [0.29, 0.717) is 11.8 Å². The molecule has 1 aromatic carbocycles. The number of nitrogens with one attached hydrogen (secondary N) is 1. The van der Waals surface area contributed by atoms with Crippen molar-refractivity contribution in [3.63, 3.8) is 0 Å². The Morgan fingerprint density at radius 3 is 3.05 bits per heavy atom. The van der Waals surface area contributed by atoms with E-state index in [4.69, 9.17) is 0 Å². The molecule has 1 atom stereocenters. The molecule has 1 heterocycles. The van der Waals surface area contributed by atoms with Crippen LogP contribution in [0.25, 0.3) is 0 Å². The predicted molar refractivity (Wildman–Crippen MR) is 79.6 cm³/mol. The van der Waals surface area contributed by atoms with Crippen molar-refractivity contribution < 1.29 is 5.11 Å². The molecular formula is C17H20N2O. The van der Waals surface area contributed by atoms with Crippen LogP contribution in [0, 0.1) is 0 Å². The van der Waals surface area contributed by atoms with Gasteiger partial charge in [-0.25, -0.2) is 0 Å². The van der Waals surface area contributed by atoms with Gasteiger partial charge in [-0.15, -0.1) is 0 Å². The Bertz CT molecular complexity index is 610. The Hall–Kier alpha value is -1.87. The van der Waals surface area contributed by atoms with Crippen LogP contribution >= 0.6 is 0 Å². The second-order valence-corrected chi connectivity index (χ2v) is 5.28. The van der Waals surface area contributed by atoms with Gasteiger partial charge in [0.15, 0.2) is 0 Å². The Morgan fingerprint density at radius 1 is 1.30 bits per heavy atom. The van der Waals surface area contributed by atoms with Crippen molar-refractivity contribution in [2.75, 3.05) is 0 Å². The minimum atomic E-state index is 0.323. The lowest BCUT2D eigenvalue weighted by Crippen LogP contribution is -2.20. The molecule has 0 amide bonds. The van der Waals surface area contributed by atoms with E-state index in [1.165, 1.54) is 11.1 Å². The Morgan fingerprint density at radius 2 is 2.20 bits per heavy atom. The zero-order chi connectivity index (χ0) is 13.9. The number of aryl methyl sites for hydroxylation is 1. The highest BCUT2D eigenvalue weighted by Crippen LogP contribution is 2.36. The number of phenolic OH excluding ortho intramolecular Hbond substituents is 1. The first-order valence-corrected chi connectivity index (χ1v) is 7.26. The van der Waals surface area contributed by atoms with Gasteiger partial charge in [0.1, 0.15) is 5.75 Å². The Balaban J connectivity index is 1.74. The van der Waals surface area contributed by atoms with Crippen LogP contribution in [0.2, 0.25) is 0 Å². The summed E-state index contributed by atoms with van der Waals surface area (Å²) < 4.78 is 0. The van der Waals surface area contributed by atoms with Gasteiger partial charge in [-0.2, -0.15) is 0 Å². The molecule has 1 unspecified atom stereocenters. The number of rotatable bonds is 4. The molecule has 0 radical (unpaired) electrons. The van der Waals surface area contributed by atoms with Crippen LogP contribution in [-0.2, 0) is 19.4 Å². The van der Waals surface area contributed by atoms with Crippen molar-refractivity contribution in [2.45, 2.75) is 38.8 Å². The molecule has 3 rings (SSSR count). The standard InChI is InChI=1S/C17H20N2O/c1-2-12-5-4-10-18-16(12)11-19-15-9-8-14-13(15)6-3-7-17(14)20/h3-7,10,15,19-20H,2,8-9,11H2,1H3. The largest absolute Gasteiger partial charge is 0.508 e. The van der Waals surface area contributed by atoms with E-state index >= 15 is 0 Å². The third-order valence-electron chi connectivity index (χ3n) is 4.13. The number of nitrogens with zero attached hydrogens (tertiary/aromatic N) is 1. The van der Waals surface area contributed by atoms with Gasteiger partial charge in [-0.1, -0.05) is 25.1 Å². The minimum Gasteiger partial charge on any atom is -0.508 e. The summed E-state index contributed by atoms with van der Waals surface area (Å²) in [7, 11) is 0. The lowest BCUT2D eigenvalue weighted by Gasteiger charge is -2.15. The quantitative estimate of drug-likeness (QED) is 0.895. The number of hydrogen-bond acceptors (Lipinski definition) is 3. The summed E-state index contributed by atoms with van der Waals surface area (Å²) >= 11 is 0. The first kappa shape index (κ1) is 13.1. The summed E-state index contributed by atoms with van der Waals surface area (Å²) in [5.41, 5.74) is 4.76. The number of fused-ring (bicyclic) bond motifs is 1. The first-order chi connectivity index (χ1) is 9.79. The average molecular weight is 268 g/mol. The number of pyridine rings is 1. The number of aromatic nitrogens is 1. The molecule has 3 heteroatoms. The lowest BCUT2D eigenvalue weighted by molar-refractivity contribution is 0.469. The van der Waals surface area contributed by atoms with Gasteiger partial charge in [0.05, 0.1) is 5.69 Å². The van der Waals surface area contributed by atoms with Crippen LogP contribution in [0.4, 0.5) is 0 Å². The number of benzene rings is 1. The van der Waals surface area contributed by atoms with Crippen molar-refractivity contribution in [3.8, 4) is 5.75 Å². The fourth-order valence-corrected chi connectivity index (χ4v) is 3.02. The van der Waals surface area contributed by atoms with Gasteiger partial charge >= 0.3 is 0 Å². The molecule has 1 aliphatic carbocycles. The molecule has 0 bridgehead atoms. The minimum absolute atomic E-state index is 0.323. The summed E-state index contributed by atoms with van der Waals surface area (Å²) in [5, 5.41) is 13.5. The van der Waals surface area contributed by atoms with Gasteiger partial charge in [0.25, 0.3) is 0 Å². The van der Waals surface area contributed by atoms with Crippen LogP contribution in [0.3, 0.4) is 0 Å². The van der Waals surface area contributed by atoms with E-state index < -0.39 is 0 Å². The monoisotopic (exact) mass is 268 g/mol. The second-order valence-electron chi connectivity index (χ2n) is 5.28. The number of aromatic hydroxyl groups is 1. The van der Waals surface area contributed by atoms with Gasteiger partial charge in [0, 0.05) is 18.8 Å². The summed E-state index contributed by atoms with van der Waals surface area (Å²) in [6.45, 7) is 2.94. The van der Waals surface area contributed by atoms with Crippen molar-refractivity contribution in [2.24, 2.45) is 0 Å². The maximum Gasteiger partial charge on any atom is 0.119 e. The molecular weight excluding hydrogens is 248 g/mol. The van der Waals surface area contributed by atoms with E-state index in [-0.39, 0.29) is 0 Å². The van der Waals surface area contributed by atoms with Gasteiger partial charge < -0.3 is 10.4 Å². The van der Waals surface area contributed by atoms with Crippen LogP contribution in [0.5, 0.6) is 5.75 Å². The Kier molecular flexibility index (Phi) is 3.70. The molecule has 0 aliphatic heterocycles. The molecule has 0 saturated heterocycles. The first-order valence-electron chi connectivity index (χ1n) is 7.26. The van der Waals surface area contributed by atoms with Crippen molar-refractivity contribution in [3.05, 3.63) is 58.9 Å². The maximum absolute atomic E-state index is 9.88. The molecule has 0 spiro atoms. The van der Waals surface area contributed by atoms with E-state index in [0.717, 1.165) is 37.1 Å². The zero-order valence-electron chi connectivity index (χ0n) is 11.8. The fraction of sp³-hybridized carbons (Fsp3) is 0.353. The smallest absolute Gasteiger partial charge is 0.119 e. The summed E-state index contributed by atoms with van der Waals surface area (Å²) in [6, 6.07) is 10.3. The highest BCUT2D eigenvalue weighted by atomic mass is 16.3. The molecule has 2 aromatic rings. The molecule has 1 aromatic heterocycles. The number of phenols is 1. The second kappa shape index (κ2) is 5.63. The maximum atomic E-state index is 9.88. The summed E-state index contributed by atoms with van der Waals surface area (Å²) in [4.78, 5) is 4.47. The van der Waals surface area contributed by atoms with Crippen molar-refractivity contribution in [1.29, 1.82) is 0 Å². The number of hydrogen-bond donors (Lipinski definition) is 2. The van der Waals surface area contributed by atoms with Crippen LogP contribution in [0.15, 0.2) is 36.5 Å². The van der Waals surface area contributed by atoms with Crippen LogP contribution in [0.1, 0.15) is 41.8 Å². The summed E-state index contributed by atoms with van der Waals surface area (Å²) in [5.74, 6) is 0.430. The molecule has 1 aliphatic rings. The highest BCUT2D eigenvalue weighted by molar-refractivity contribution is 5.44. The topological polar surface area (TPSA) is 45.2 Å². The lowest BCUT2D eigenvalue weighted by atomic mass is 10.1.